The van der Waals surface area contributed by atoms with Gasteiger partial charge in [-0.1, -0.05) is 18.2 Å². The van der Waals surface area contributed by atoms with Gasteiger partial charge in [-0.25, -0.2) is 9.97 Å². The van der Waals surface area contributed by atoms with E-state index in [1.165, 1.54) is 0 Å². The van der Waals surface area contributed by atoms with Crippen LogP contribution in [-0.2, 0) is 0 Å². The first-order valence-corrected chi connectivity index (χ1v) is 4.39. The smallest absolute Gasteiger partial charge is 0.238 e. The number of aromatic nitrogens is 2. The second-order valence-corrected chi connectivity index (χ2v) is 2.92. The minimum Gasteiger partial charge on any atom is -0.492 e. The van der Waals surface area contributed by atoms with Crippen molar-refractivity contribution < 1.29 is 5.11 Å². The second kappa shape index (κ2) is 3.46. The maximum atomic E-state index is 9.51. The molecule has 3 nitrogen and oxygen atoms in total. The summed E-state index contributed by atoms with van der Waals surface area (Å²) in [6, 6.07) is 7.45. The highest BCUT2D eigenvalue weighted by molar-refractivity contribution is 5.76. The normalized spacial score (nSPS) is 11.2. The average molecular weight is 186 g/mol. The summed E-state index contributed by atoms with van der Waals surface area (Å²) in [5.41, 5.74) is 2.00. The molecule has 0 saturated heterocycles. The predicted molar refractivity (Wildman–Crippen MR) is 55.9 cm³/mol. The molecule has 0 spiro atoms. The Morgan fingerprint density at radius 3 is 2.43 bits per heavy atom. The van der Waals surface area contributed by atoms with E-state index in [-0.39, 0.29) is 5.88 Å². The number of aromatic hydroxyl groups is 1. The van der Waals surface area contributed by atoms with E-state index in [1.807, 2.05) is 37.3 Å². The van der Waals surface area contributed by atoms with Crippen molar-refractivity contribution in [2.45, 2.75) is 6.92 Å². The van der Waals surface area contributed by atoms with Crippen LogP contribution in [0.25, 0.3) is 17.1 Å². The molecule has 3 heteroatoms. The summed E-state index contributed by atoms with van der Waals surface area (Å²) in [5, 5.41) is 9.51. The third-order valence-corrected chi connectivity index (χ3v) is 1.90. The molecule has 0 saturated carbocycles. The van der Waals surface area contributed by atoms with Crippen molar-refractivity contribution >= 4 is 17.1 Å². The molecule has 14 heavy (non-hydrogen) atoms. The predicted octanol–water partition coefficient (Wildman–Crippen LogP) is 2.37. The zero-order valence-corrected chi connectivity index (χ0v) is 7.81. The van der Waals surface area contributed by atoms with Crippen molar-refractivity contribution in [1.82, 2.24) is 9.97 Å². The number of benzene rings is 1. The van der Waals surface area contributed by atoms with Gasteiger partial charge in [0.25, 0.3) is 0 Å². The Morgan fingerprint density at radius 2 is 1.79 bits per heavy atom. The lowest BCUT2D eigenvalue weighted by atomic mass is 10.3. The van der Waals surface area contributed by atoms with Crippen LogP contribution < -0.4 is 0 Å². The van der Waals surface area contributed by atoms with E-state index < -0.39 is 0 Å². The molecule has 0 amide bonds. The van der Waals surface area contributed by atoms with Crippen LogP contribution in [0.15, 0.2) is 30.3 Å². The van der Waals surface area contributed by atoms with E-state index in [0.29, 0.717) is 11.2 Å². The van der Waals surface area contributed by atoms with Crippen molar-refractivity contribution in [3.8, 4) is 5.88 Å². The first kappa shape index (κ1) is 8.69. The number of rotatable bonds is 1. The summed E-state index contributed by atoms with van der Waals surface area (Å²) < 4.78 is 0. The number of nitrogens with zero attached hydrogens (tertiary/aromatic N) is 2. The van der Waals surface area contributed by atoms with Crippen molar-refractivity contribution in [3.63, 3.8) is 0 Å². The van der Waals surface area contributed by atoms with Crippen LogP contribution >= 0.6 is 0 Å². The molecule has 0 aliphatic rings. The van der Waals surface area contributed by atoms with Gasteiger partial charge in [-0.2, -0.15) is 0 Å². The van der Waals surface area contributed by atoms with Crippen molar-refractivity contribution in [2.24, 2.45) is 0 Å². The van der Waals surface area contributed by atoms with Gasteiger partial charge in [0.15, 0.2) is 0 Å². The number of hydrogen-bond acceptors (Lipinski definition) is 3. The molecule has 0 fully saturated rings. The molecule has 0 unspecified atom stereocenters. The summed E-state index contributed by atoms with van der Waals surface area (Å²) in [5.74, 6) is -0.0261. The highest BCUT2D eigenvalue weighted by atomic mass is 16.3. The fourth-order valence-electron chi connectivity index (χ4n) is 1.27. The summed E-state index contributed by atoms with van der Waals surface area (Å²) >= 11 is 0. The maximum absolute atomic E-state index is 9.51. The van der Waals surface area contributed by atoms with Crippen LogP contribution in [-0.4, -0.2) is 15.1 Å². The molecule has 0 radical (unpaired) electrons. The van der Waals surface area contributed by atoms with Gasteiger partial charge in [0.1, 0.15) is 5.69 Å². The molecule has 1 heterocycles. The molecular weight excluding hydrogens is 176 g/mol. The summed E-state index contributed by atoms with van der Waals surface area (Å²) in [7, 11) is 0. The molecule has 1 aromatic carbocycles. The highest BCUT2D eigenvalue weighted by Crippen LogP contribution is 2.18. The lowest BCUT2D eigenvalue weighted by Gasteiger charge is -2.00. The molecule has 2 aromatic rings. The number of para-hydroxylation sites is 2. The number of hydrogen-bond donors (Lipinski definition) is 1. The van der Waals surface area contributed by atoms with Gasteiger partial charge in [-0.3, -0.25) is 0 Å². The van der Waals surface area contributed by atoms with Gasteiger partial charge < -0.3 is 5.11 Å². The molecule has 0 aliphatic carbocycles. The number of allylic oxidation sites excluding steroid dienone is 1. The Labute approximate surface area is 81.8 Å². The molecule has 1 N–H and O–H groups in total. The molecule has 70 valence electrons. The Bertz CT molecular complexity index is 492. The van der Waals surface area contributed by atoms with Crippen LogP contribution in [0.2, 0.25) is 0 Å². The lowest BCUT2D eigenvalue weighted by molar-refractivity contribution is 0.451. The Balaban J connectivity index is 2.70. The van der Waals surface area contributed by atoms with E-state index in [4.69, 9.17) is 0 Å². The summed E-state index contributed by atoms with van der Waals surface area (Å²) in [6.45, 7) is 1.87. The van der Waals surface area contributed by atoms with E-state index in [1.54, 1.807) is 6.08 Å². The SMILES string of the molecule is C/C=C/c1nc2ccccc2nc1O. The lowest BCUT2D eigenvalue weighted by Crippen LogP contribution is -1.88. The minimum atomic E-state index is -0.0261. The molecule has 1 aromatic heterocycles. The van der Waals surface area contributed by atoms with Gasteiger partial charge in [-0.15, -0.1) is 0 Å². The van der Waals surface area contributed by atoms with Crippen LogP contribution in [0.3, 0.4) is 0 Å². The Hall–Kier alpha value is -1.90. The standard InChI is InChI=1S/C11H10N2O/c1-2-5-10-11(14)13-9-7-4-3-6-8(9)12-10/h2-7H,1H3,(H,13,14)/b5-2+. The van der Waals surface area contributed by atoms with Crippen molar-refractivity contribution in [3.05, 3.63) is 36.0 Å². The zero-order chi connectivity index (χ0) is 9.97. The molecular formula is C11H10N2O. The van der Waals surface area contributed by atoms with Crippen molar-refractivity contribution in [1.29, 1.82) is 0 Å². The quantitative estimate of drug-likeness (QED) is 0.743. The summed E-state index contributed by atoms with van der Waals surface area (Å²) in [4.78, 5) is 8.30. The van der Waals surface area contributed by atoms with E-state index >= 15 is 0 Å². The monoisotopic (exact) mass is 186 g/mol. The zero-order valence-electron chi connectivity index (χ0n) is 7.81. The summed E-state index contributed by atoms with van der Waals surface area (Å²) in [6.07, 6.45) is 3.55. The molecule has 2 rings (SSSR count). The average Bonchev–Trinajstić information content (AvgIpc) is 2.19. The van der Waals surface area contributed by atoms with Crippen LogP contribution in [0, 0.1) is 0 Å². The Kier molecular flexibility index (Phi) is 2.14. The topological polar surface area (TPSA) is 46.0 Å². The first-order chi connectivity index (χ1) is 6.81. The van der Waals surface area contributed by atoms with E-state index in [2.05, 4.69) is 9.97 Å². The highest BCUT2D eigenvalue weighted by Gasteiger charge is 2.03. The fraction of sp³-hybridized carbons (Fsp3) is 0.0909. The largest absolute Gasteiger partial charge is 0.492 e. The van der Waals surface area contributed by atoms with Gasteiger partial charge in [0, 0.05) is 0 Å². The van der Waals surface area contributed by atoms with Gasteiger partial charge in [0.05, 0.1) is 11.0 Å². The van der Waals surface area contributed by atoms with E-state index in [0.717, 1.165) is 5.52 Å². The Morgan fingerprint density at radius 1 is 1.14 bits per heavy atom. The van der Waals surface area contributed by atoms with Crippen LogP contribution in [0.1, 0.15) is 12.6 Å². The first-order valence-electron chi connectivity index (χ1n) is 4.39. The van der Waals surface area contributed by atoms with Crippen molar-refractivity contribution in [2.75, 3.05) is 0 Å². The number of fused-ring (bicyclic) bond motifs is 1. The fourth-order valence-corrected chi connectivity index (χ4v) is 1.27. The van der Waals surface area contributed by atoms with E-state index in [9.17, 15) is 5.11 Å². The van der Waals surface area contributed by atoms with Gasteiger partial charge >= 0.3 is 0 Å². The van der Waals surface area contributed by atoms with Crippen LogP contribution in [0.5, 0.6) is 5.88 Å². The molecule has 0 aliphatic heterocycles. The molecule has 0 bridgehead atoms. The third-order valence-electron chi connectivity index (χ3n) is 1.90. The van der Waals surface area contributed by atoms with Gasteiger partial charge in [0.2, 0.25) is 5.88 Å². The second-order valence-electron chi connectivity index (χ2n) is 2.92. The molecule has 0 atom stereocenters. The van der Waals surface area contributed by atoms with Crippen LogP contribution in [0.4, 0.5) is 0 Å². The van der Waals surface area contributed by atoms with Gasteiger partial charge in [-0.05, 0) is 25.1 Å². The minimum absolute atomic E-state index is 0.0261. The third kappa shape index (κ3) is 1.44. The maximum Gasteiger partial charge on any atom is 0.238 e.